The SMILES string of the molecule is CCOC(=O)C(CC(N)Cc1ccc(-c2cc(Cl)ccc2F)cc1)NCCOC. The van der Waals surface area contributed by atoms with Crippen LogP contribution in [0.3, 0.4) is 0 Å². The van der Waals surface area contributed by atoms with Gasteiger partial charge in [-0.15, -0.1) is 0 Å². The molecule has 2 unspecified atom stereocenters. The Hall–Kier alpha value is -1.99. The lowest BCUT2D eigenvalue weighted by atomic mass is 9.97. The van der Waals surface area contributed by atoms with Crippen LogP contribution in [0.5, 0.6) is 0 Å². The van der Waals surface area contributed by atoms with Gasteiger partial charge < -0.3 is 20.5 Å². The largest absolute Gasteiger partial charge is 0.465 e. The van der Waals surface area contributed by atoms with E-state index in [-0.39, 0.29) is 17.8 Å². The van der Waals surface area contributed by atoms with Gasteiger partial charge >= 0.3 is 5.97 Å². The standard InChI is InChI=1S/C22H28ClFN2O3/c1-3-29-22(27)21(26-10-11-28-2)14-18(25)12-15-4-6-16(7-5-15)19-13-17(23)8-9-20(19)24/h4-9,13,18,21,26H,3,10-12,14,25H2,1-2H3. The quantitative estimate of drug-likeness (QED) is 0.427. The average molecular weight is 423 g/mol. The second kappa shape index (κ2) is 11.9. The summed E-state index contributed by atoms with van der Waals surface area (Å²) >= 11 is 5.97. The predicted molar refractivity (Wildman–Crippen MR) is 113 cm³/mol. The van der Waals surface area contributed by atoms with E-state index in [2.05, 4.69) is 5.32 Å². The van der Waals surface area contributed by atoms with Crippen molar-refractivity contribution in [1.82, 2.24) is 5.32 Å². The number of ether oxygens (including phenoxy) is 2. The van der Waals surface area contributed by atoms with Gasteiger partial charge in [0.2, 0.25) is 0 Å². The van der Waals surface area contributed by atoms with Gasteiger partial charge in [-0.1, -0.05) is 35.9 Å². The molecular formula is C22H28ClFN2O3. The van der Waals surface area contributed by atoms with Gasteiger partial charge in [-0.25, -0.2) is 4.39 Å². The Bertz CT molecular complexity index is 786. The van der Waals surface area contributed by atoms with Gasteiger partial charge in [-0.3, -0.25) is 4.79 Å². The Morgan fingerprint density at radius 2 is 1.97 bits per heavy atom. The zero-order valence-corrected chi connectivity index (χ0v) is 17.5. The van der Waals surface area contributed by atoms with Crippen LogP contribution in [-0.2, 0) is 20.7 Å². The normalized spacial score (nSPS) is 13.1. The van der Waals surface area contributed by atoms with Gasteiger partial charge in [0.05, 0.1) is 13.2 Å². The first-order chi connectivity index (χ1) is 13.9. The van der Waals surface area contributed by atoms with Crippen LogP contribution in [0.15, 0.2) is 42.5 Å². The number of carbonyl (C=O) groups is 1. The lowest BCUT2D eigenvalue weighted by Crippen LogP contribution is -2.44. The second-order valence-electron chi connectivity index (χ2n) is 6.77. The minimum Gasteiger partial charge on any atom is -0.465 e. The summed E-state index contributed by atoms with van der Waals surface area (Å²) in [5.74, 6) is -0.635. The zero-order chi connectivity index (χ0) is 21.2. The van der Waals surface area contributed by atoms with E-state index in [0.29, 0.717) is 43.2 Å². The van der Waals surface area contributed by atoms with E-state index in [4.69, 9.17) is 26.8 Å². The highest BCUT2D eigenvalue weighted by Gasteiger charge is 2.22. The summed E-state index contributed by atoms with van der Waals surface area (Å²) in [6.45, 7) is 3.12. The summed E-state index contributed by atoms with van der Waals surface area (Å²) in [7, 11) is 1.60. The first-order valence-electron chi connectivity index (χ1n) is 9.63. The number of nitrogens with one attached hydrogen (secondary N) is 1. The van der Waals surface area contributed by atoms with Crippen LogP contribution >= 0.6 is 11.6 Å². The van der Waals surface area contributed by atoms with Gasteiger partial charge in [0.1, 0.15) is 11.9 Å². The Morgan fingerprint density at radius 3 is 2.62 bits per heavy atom. The third kappa shape index (κ3) is 7.40. The number of methoxy groups -OCH3 is 1. The molecule has 0 aliphatic rings. The van der Waals surface area contributed by atoms with E-state index in [0.717, 1.165) is 11.1 Å². The van der Waals surface area contributed by atoms with E-state index in [1.807, 2.05) is 24.3 Å². The van der Waals surface area contributed by atoms with E-state index in [1.165, 1.54) is 12.1 Å². The van der Waals surface area contributed by atoms with Crippen molar-refractivity contribution in [3.8, 4) is 11.1 Å². The van der Waals surface area contributed by atoms with Crippen molar-refractivity contribution in [3.63, 3.8) is 0 Å². The molecule has 0 spiro atoms. The van der Waals surface area contributed by atoms with Gasteiger partial charge in [-0.2, -0.15) is 0 Å². The van der Waals surface area contributed by atoms with Crippen LogP contribution in [-0.4, -0.2) is 44.9 Å². The molecule has 3 N–H and O–H groups in total. The van der Waals surface area contributed by atoms with Crippen LogP contribution in [0.4, 0.5) is 4.39 Å². The lowest BCUT2D eigenvalue weighted by Gasteiger charge is -2.21. The molecule has 0 saturated carbocycles. The maximum Gasteiger partial charge on any atom is 0.323 e. The Balaban J connectivity index is 2.00. The van der Waals surface area contributed by atoms with E-state index in [1.54, 1.807) is 20.1 Å². The lowest BCUT2D eigenvalue weighted by molar-refractivity contribution is -0.146. The van der Waals surface area contributed by atoms with Crippen molar-refractivity contribution in [2.45, 2.75) is 31.8 Å². The fraction of sp³-hybridized carbons (Fsp3) is 0.409. The summed E-state index contributed by atoms with van der Waals surface area (Å²) in [6, 6.07) is 11.3. The molecule has 0 saturated heterocycles. The van der Waals surface area contributed by atoms with Crippen molar-refractivity contribution < 1.29 is 18.7 Å². The molecule has 29 heavy (non-hydrogen) atoms. The number of halogens is 2. The summed E-state index contributed by atoms with van der Waals surface area (Å²) in [6.07, 6.45) is 1.02. The van der Waals surface area contributed by atoms with Gasteiger partial charge in [0.15, 0.2) is 0 Å². The Kier molecular flexibility index (Phi) is 9.54. The number of hydrogen-bond donors (Lipinski definition) is 2. The number of nitrogens with two attached hydrogens (primary N) is 1. The molecule has 0 bridgehead atoms. The summed E-state index contributed by atoms with van der Waals surface area (Å²) in [5.41, 5.74) is 8.48. The number of rotatable bonds is 11. The van der Waals surface area contributed by atoms with Crippen molar-refractivity contribution in [2.24, 2.45) is 5.73 Å². The van der Waals surface area contributed by atoms with Crippen LogP contribution in [0.25, 0.3) is 11.1 Å². The molecule has 7 heteroatoms. The number of hydrogen-bond acceptors (Lipinski definition) is 5. The minimum absolute atomic E-state index is 0.242. The van der Waals surface area contributed by atoms with E-state index in [9.17, 15) is 9.18 Å². The van der Waals surface area contributed by atoms with Gasteiger partial charge in [0.25, 0.3) is 0 Å². The zero-order valence-electron chi connectivity index (χ0n) is 16.8. The van der Waals surface area contributed by atoms with Crippen molar-refractivity contribution in [2.75, 3.05) is 26.9 Å². The monoisotopic (exact) mass is 422 g/mol. The molecule has 5 nitrogen and oxygen atoms in total. The molecule has 0 aliphatic carbocycles. The molecule has 2 atom stereocenters. The van der Waals surface area contributed by atoms with Crippen LogP contribution < -0.4 is 11.1 Å². The molecule has 0 fully saturated rings. The molecule has 2 rings (SSSR count). The Morgan fingerprint density at radius 1 is 1.24 bits per heavy atom. The average Bonchev–Trinajstić information content (AvgIpc) is 2.70. The van der Waals surface area contributed by atoms with Crippen molar-refractivity contribution in [1.29, 1.82) is 0 Å². The predicted octanol–water partition coefficient (Wildman–Crippen LogP) is 3.57. The molecule has 0 aliphatic heterocycles. The summed E-state index contributed by atoms with van der Waals surface area (Å²) in [5, 5.41) is 3.62. The number of carbonyl (C=O) groups excluding carboxylic acids is 1. The highest BCUT2D eigenvalue weighted by atomic mass is 35.5. The fourth-order valence-electron chi connectivity index (χ4n) is 3.07. The first-order valence-corrected chi connectivity index (χ1v) is 10.0. The molecule has 0 amide bonds. The van der Waals surface area contributed by atoms with E-state index < -0.39 is 6.04 Å². The van der Waals surface area contributed by atoms with Gasteiger partial charge in [-0.05, 0) is 49.1 Å². The first kappa shape index (κ1) is 23.3. The van der Waals surface area contributed by atoms with Crippen molar-refractivity contribution >= 4 is 17.6 Å². The highest BCUT2D eigenvalue weighted by Crippen LogP contribution is 2.26. The van der Waals surface area contributed by atoms with Crippen LogP contribution in [0.2, 0.25) is 5.02 Å². The maximum atomic E-state index is 14.0. The fourth-order valence-corrected chi connectivity index (χ4v) is 3.24. The highest BCUT2D eigenvalue weighted by molar-refractivity contribution is 6.30. The van der Waals surface area contributed by atoms with Crippen LogP contribution in [0.1, 0.15) is 18.9 Å². The second-order valence-corrected chi connectivity index (χ2v) is 7.21. The molecule has 2 aromatic carbocycles. The van der Waals surface area contributed by atoms with Gasteiger partial charge in [0, 0.05) is 30.3 Å². The smallest absolute Gasteiger partial charge is 0.323 e. The molecule has 0 aromatic heterocycles. The number of esters is 1. The topological polar surface area (TPSA) is 73.6 Å². The summed E-state index contributed by atoms with van der Waals surface area (Å²) < 4.78 is 24.2. The molecule has 158 valence electrons. The Labute approximate surface area is 176 Å². The van der Waals surface area contributed by atoms with Crippen LogP contribution in [0, 0.1) is 5.82 Å². The van der Waals surface area contributed by atoms with Crippen molar-refractivity contribution in [3.05, 3.63) is 58.9 Å². The van der Waals surface area contributed by atoms with E-state index >= 15 is 0 Å². The maximum absolute atomic E-state index is 14.0. The number of benzene rings is 2. The molecular weight excluding hydrogens is 395 g/mol. The summed E-state index contributed by atoms with van der Waals surface area (Å²) in [4.78, 5) is 12.2. The molecule has 2 aromatic rings. The molecule has 0 radical (unpaired) electrons. The minimum atomic E-state index is -0.486. The third-order valence-corrected chi connectivity index (χ3v) is 4.73. The third-order valence-electron chi connectivity index (χ3n) is 4.50. The molecule has 0 heterocycles.